The van der Waals surface area contributed by atoms with Gasteiger partial charge in [0, 0.05) is 30.6 Å². The van der Waals surface area contributed by atoms with Crippen molar-refractivity contribution in [3.05, 3.63) is 66.0 Å². The van der Waals surface area contributed by atoms with E-state index in [4.69, 9.17) is 5.11 Å². The monoisotopic (exact) mass is 271 g/mol. The number of rotatable bonds is 5. The maximum Gasteiger partial charge on any atom is 0.376 e. The number of aromatic nitrogens is 1. The lowest BCUT2D eigenvalue weighted by atomic mass is 10.2. The zero-order valence-electron chi connectivity index (χ0n) is 10.6. The molecular weight excluding hydrogens is 258 g/mol. The molecule has 0 aliphatic heterocycles. The van der Waals surface area contributed by atoms with E-state index in [0.29, 0.717) is 18.2 Å². The fraction of sp³-hybridized carbons (Fsp3) is 0.0667. The summed E-state index contributed by atoms with van der Waals surface area (Å²) in [6, 6.07) is 11.4. The van der Waals surface area contributed by atoms with Gasteiger partial charge in [0.15, 0.2) is 0 Å². The summed E-state index contributed by atoms with van der Waals surface area (Å²) in [6.45, 7) is 0.626. The summed E-state index contributed by atoms with van der Waals surface area (Å²) in [6.07, 6.45) is 4.09. The minimum atomic E-state index is -1.60. The number of aliphatic hydroxyl groups excluding tert-OH is 1. The average Bonchev–Trinajstić information content (AvgIpc) is 2.88. The van der Waals surface area contributed by atoms with Crippen LogP contribution in [0.1, 0.15) is 11.1 Å². The third-order valence-corrected chi connectivity index (χ3v) is 2.73. The van der Waals surface area contributed by atoms with E-state index in [-0.39, 0.29) is 5.76 Å². The average molecular weight is 271 g/mol. The first-order valence-corrected chi connectivity index (χ1v) is 5.94. The number of carbonyl (C=O) groups excluding carboxylic acids is 1. The van der Waals surface area contributed by atoms with E-state index in [1.54, 1.807) is 18.5 Å². The van der Waals surface area contributed by atoms with E-state index in [2.05, 4.69) is 0 Å². The van der Waals surface area contributed by atoms with Crippen LogP contribution in [0.3, 0.4) is 0 Å². The van der Waals surface area contributed by atoms with Crippen LogP contribution in [0.4, 0.5) is 0 Å². The summed E-state index contributed by atoms with van der Waals surface area (Å²) in [5.41, 5.74) is 1.50. The Labute approximate surface area is 115 Å². The molecule has 2 rings (SSSR count). The van der Waals surface area contributed by atoms with Crippen molar-refractivity contribution in [1.29, 1.82) is 0 Å². The first-order valence-electron chi connectivity index (χ1n) is 5.94. The molecular formula is C15H13NO4. The zero-order chi connectivity index (χ0) is 14.5. The number of ketones is 1. The first kappa shape index (κ1) is 13.6. The maximum absolute atomic E-state index is 11.0. The molecule has 1 heterocycles. The van der Waals surface area contributed by atoms with E-state index in [1.165, 1.54) is 0 Å². The van der Waals surface area contributed by atoms with Crippen LogP contribution in [0.25, 0.3) is 5.76 Å². The standard InChI is InChI=1S/C15H13NO4/c17-13(8-14(18)15(19)20)12-6-7-16(10-12)9-11-4-2-1-3-5-11/h1-8,10,17H,9H2,(H,19,20)/b13-8-. The molecule has 1 aromatic carbocycles. The summed E-state index contributed by atoms with van der Waals surface area (Å²) in [5, 5.41) is 18.2. The summed E-state index contributed by atoms with van der Waals surface area (Å²) in [5.74, 6) is -3.11. The van der Waals surface area contributed by atoms with Gasteiger partial charge in [-0.3, -0.25) is 4.79 Å². The molecule has 0 saturated heterocycles. The van der Waals surface area contributed by atoms with Crippen LogP contribution in [0.5, 0.6) is 0 Å². The number of carbonyl (C=O) groups is 2. The van der Waals surface area contributed by atoms with Crippen molar-refractivity contribution in [2.45, 2.75) is 6.54 Å². The molecule has 5 heteroatoms. The van der Waals surface area contributed by atoms with E-state index in [9.17, 15) is 14.7 Å². The van der Waals surface area contributed by atoms with Gasteiger partial charge in [0.05, 0.1) is 0 Å². The molecule has 0 unspecified atom stereocenters. The largest absolute Gasteiger partial charge is 0.507 e. The van der Waals surface area contributed by atoms with Gasteiger partial charge in [-0.25, -0.2) is 4.79 Å². The molecule has 0 spiro atoms. The summed E-state index contributed by atoms with van der Waals surface area (Å²) >= 11 is 0. The highest BCUT2D eigenvalue weighted by atomic mass is 16.4. The topological polar surface area (TPSA) is 79.5 Å². The summed E-state index contributed by atoms with van der Waals surface area (Å²) < 4.78 is 1.83. The Morgan fingerprint density at radius 1 is 1.10 bits per heavy atom. The van der Waals surface area contributed by atoms with Gasteiger partial charge in [0.2, 0.25) is 0 Å². The molecule has 1 aromatic heterocycles. The number of carboxylic acid groups (broad SMARTS) is 1. The second kappa shape index (κ2) is 5.88. The minimum Gasteiger partial charge on any atom is -0.507 e. The fourth-order valence-corrected chi connectivity index (χ4v) is 1.75. The Hall–Kier alpha value is -2.82. The van der Waals surface area contributed by atoms with Gasteiger partial charge in [-0.1, -0.05) is 30.3 Å². The van der Waals surface area contributed by atoms with Crippen molar-refractivity contribution in [1.82, 2.24) is 4.57 Å². The predicted molar refractivity (Wildman–Crippen MR) is 73.2 cm³/mol. The Morgan fingerprint density at radius 2 is 1.80 bits per heavy atom. The Balaban J connectivity index is 2.13. The Kier molecular flexibility index (Phi) is 4.00. The van der Waals surface area contributed by atoms with Crippen molar-refractivity contribution < 1.29 is 19.8 Å². The second-order valence-corrected chi connectivity index (χ2v) is 4.26. The smallest absolute Gasteiger partial charge is 0.376 e. The molecule has 0 atom stereocenters. The minimum absolute atomic E-state index is 0.357. The summed E-state index contributed by atoms with van der Waals surface area (Å²) in [7, 11) is 0. The van der Waals surface area contributed by atoms with Crippen molar-refractivity contribution >= 4 is 17.5 Å². The highest BCUT2D eigenvalue weighted by Crippen LogP contribution is 2.13. The maximum atomic E-state index is 11.0. The Bertz CT molecular complexity index is 656. The second-order valence-electron chi connectivity index (χ2n) is 4.26. The molecule has 0 aliphatic carbocycles. The lowest BCUT2D eigenvalue weighted by Gasteiger charge is -2.02. The molecule has 0 amide bonds. The van der Waals surface area contributed by atoms with Crippen molar-refractivity contribution in [3.8, 4) is 0 Å². The number of aliphatic carboxylic acids is 1. The molecule has 5 nitrogen and oxygen atoms in total. The highest BCUT2D eigenvalue weighted by Gasteiger charge is 2.11. The molecule has 2 N–H and O–H groups in total. The molecule has 102 valence electrons. The van der Waals surface area contributed by atoms with Gasteiger partial charge in [-0.05, 0) is 11.6 Å². The van der Waals surface area contributed by atoms with E-state index in [1.807, 2.05) is 34.9 Å². The van der Waals surface area contributed by atoms with Gasteiger partial charge in [0.25, 0.3) is 5.78 Å². The van der Waals surface area contributed by atoms with Crippen molar-refractivity contribution in [2.75, 3.05) is 0 Å². The third kappa shape index (κ3) is 3.35. The van der Waals surface area contributed by atoms with E-state index in [0.717, 1.165) is 5.56 Å². The van der Waals surface area contributed by atoms with E-state index >= 15 is 0 Å². The number of carboxylic acids is 1. The van der Waals surface area contributed by atoms with Gasteiger partial charge in [-0.2, -0.15) is 0 Å². The van der Waals surface area contributed by atoms with Crippen LogP contribution in [-0.2, 0) is 16.1 Å². The number of benzene rings is 1. The van der Waals surface area contributed by atoms with Crippen LogP contribution in [0, 0.1) is 0 Å². The van der Waals surface area contributed by atoms with Gasteiger partial charge in [0.1, 0.15) is 5.76 Å². The molecule has 0 bridgehead atoms. The normalized spacial score (nSPS) is 11.3. The summed E-state index contributed by atoms with van der Waals surface area (Å²) in [4.78, 5) is 21.4. The molecule has 0 radical (unpaired) electrons. The SMILES string of the molecule is O=C(O)C(=O)/C=C(\O)c1ccn(Cc2ccccc2)c1. The quantitative estimate of drug-likeness (QED) is 0.496. The van der Waals surface area contributed by atoms with Crippen molar-refractivity contribution in [3.63, 3.8) is 0 Å². The van der Waals surface area contributed by atoms with Crippen LogP contribution >= 0.6 is 0 Å². The molecule has 0 saturated carbocycles. The molecule has 0 aliphatic rings. The third-order valence-electron chi connectivity index (χ3n) is 2.73. The lowest BCUT2D eigenvalue weighted by Crippen LogP contribution is -2.09. The zero-order valence-corrected chi connectivity index (χ0v) is 10.6. The number of hydrogen-bond donors (Lipinski definition) is 2. The van der Waals surface area contributed by atoms with Gasteiger partial charge >= 0.3 is 5.97 Å². The Morgan fingerprint density at radius 3 is 2.45 bits per heavy atom. The fourth-order valence-electron chi connectivity index (χ4n) is 1.75. The van der Waals surface area contributed by atoms with Crippen LogP contribution in [0.2, 0.25) is 0 Å². The van der Waals surface area contributed by atoms with E-state index < -0.39 is 11.8 Å². The van der Waals surface area contributed by atoms with Gasteiger partial charge < -0.3 is 14.8 Å². The van der Waals surface area contributed by atoms with Crippen LogP contribution in [-0.4, -0.2) is 26.5 Å². The number of aliphatic hydroxyl groups is 1. The number of nitrogens with zero attached hydrogens (tertiary/aromatic N) is 1. The van der Waals surface area contributed by atoms with Crippen LogP contribution < -0.4 is 0 Å². The molecule has 0 fully saturated rings. The molecule has 20 heavy (non-hydrogen) atoms. The first-order chi connectivity index (χ1) is 9.56. The van der Waals surface area contributed by atoms with Gasteiger partial charge in [-0.15, -0.1) is 0 Å². The predicted octanol–water partition coefficient (Wildman–Crippen LogP) is 2.09. The van der Waals surface area contributed by atoms with Crippen LogP contribution in [0.15, 0.2) is 54.9 Å². The number of hydrogen-bond acceptors (Lipinski definition) is 3. The molecule has 2 aromatic rings. The lowest BCUT2D eigenvalue weighted by molar-refractivity contribution is -0.146. The van der Waals surface area contributed by atoms with Crippen molar-refractivity contribution in [2.24, 2.45) is 0 Å². The highest BCUT2D eigenvalue weighted by molar-refractivity contribution is 6.38.